The summed E-state index contributed by atoms with van der Waals surface area (Å²) in [6.45, 7) is 1.15. The zero-order valence-electron chi connectivity index (χ0n) is 12.6. The first-order chi connectivity index (χ1) is 11.3. The molecule has 2 heterocycles. The van der Waals surface area contributed by atoms with Gasteiger partial charge in [-0.05, 0) is 12.0 Å². The Morgan fingerprint density at radius 2 is 2.13 bits per heavy atom. The molecule has 0 aliphatic rings. The number of aryl methyl sites for hydroxylation is 1. The van der Waals surface area contributed by atoms with E-state index in [2.05, 4.69) is 25.6 Å². The van der Waals surface area contributed by atoms with Crippen LogP contribution in [0.2, 0.25) is 0 Å². The minimum atomic E-state index is 0.0188. The summed E-state index contributed by atoms with van der Waals surface area (Å²) in [6.07, 6.45) is 6.07. The van der Waals surface area contributed by atoms with Crippen molar-refractivity contribution in [1.29, 1.82) is 0 Å². The molecule has 3 rings (SSSR count). The molecule has 2 N–H and O–H groups in total. The van der Waals surface area contributed by atoms with Gasteiger partial charge in [-0.1, -0.05) is 30.3 Å². The van der Waals surface area contributed by atoms with E-state index in [-0.39, 0.29) is 5.91 Å². The summed E-state index contributed by atoms with van der Waals surface area (Å²) < 4.78 is 1.72. The van der Waals surface area contributed by atoms with E-state index in [1.807, 2.05) is 30.3 Å². The highest BCUT2D eigenvalue weighted by molar-refractivity contribution is 5.76. The predicted octanol–water partition coefficient (Wildman–Crippen LogP) is 1.76. The molecule has 7 heteroatoms. The van der Waals surface area contributed by atoms with Gasteiger partial charge in [0.05, 0.1) is 11.9 Å². The van der Waals surface area contributed by atoms with Gasteiger partial charge in [0, 0.05) is 25.1 Å². The fourth-order valence-electron chi connectivity index (χ4n) is 2.33. The van der Waals surface area contributed by atoms with Gasteiger partial charge in [-0.2, -0.15) is 10.2 Å². The molecule has 0 saturated heterocycles. The van der Waals surface area contributed by atoms with Crippen molar-refractivity contribution in [2.45, 2.75) is 25.9 Å². The van der Waals surface area contributed by atoms with E-state index < -0.39 is 0 Å². The van der Waals surface area contributed by atoms with Crippen LogP contribution in [-0.2, 0) is 17.9 Å². The molecule has 1 amide bonds. The summed E-state index contributed by atoms with van der Waals surface area (Å²) >= 11 is 0. The number of carbonyl (C=O) groups is 1. The summed E-state index contributed by atoms with van der Waals surface area (Å²) in [6, 6.07) is 9.94. The van der Waals surface area contributed by atoms with E-state index in [1.165, 1.54) is 6.33 Å². The second-order valence-corrected chi connectivity index (χ2v) is 5.18. The van der Waals surface area contributed by atoms with Gasteiger partial charge in [0.2, 0.25) is 5.91 Å². The lowest BCUT2D eigenvalue weighted by molar-refractivity contribution is -0.121. The number of hydrogen-bond donors (Lipinski definition) is 2. The molecule has 0 aliphatic heterocycles. The van der Waals surface area contributed by atoms with Gasteiger partial charge in [0.15, 0.2) is 0 Å². The molecule has 0 bridgehead atoms. The monoisotopic (exact) mass is 310 g/mol. The molecule has 0 spiro atoms. The number of rotatable bonds is 7. The molecule has 1 aromatic carbocycles. The van der Waals surface area contributed by atoms with Crippen molar-refractivity contribution in [2.75, 3.05) is 0 Å². The van der Waals surface area contributed by atoms with Crippen molar-refractivity contribution in [3.05, 3.63) is 54.7 Å². The number of carbonyl (C=O) groups excluding carboxylic acids is 1. The van der Waals surface area contributed by atoms with E-state index >= 15 is 0 Å². The molecular formula is C16H18N6O. The van der Waals surface area contributed by atoms with Crippen LogP contribution in [0, 0.1) is 0 Å². The molecule has 0 radical (unpaired) electrons. The van der Waals surface area contributed by atoms with Crippen LogP contribution >= 0.6 is 0 Å². The third kappa shape index (κ3) is 4.03. The molecule has 0 aliphatic carbocycles. The standard InChI is InChI=1S/C16H18N6O/c23-15(7-4-8-22-12-17-11-20-22)18-9-14-10-19-21-16(14)13-5-2-1-3-6-13/h1-3,5-6,10-12H,4,7-9H2,(H,18,23)(H,19,21). The van der Waals surface area contributed by atoms with Gasteiger partial charge in [-0.25, -0.2) is 4.98 Å². The summed E-state index contributed by atoms with van der Waals surface area (Å²) in [5.74, 6) is 0.0188. The minimum Gasteiger partial charge on any atom is -0.352 e. The van der Waals surface area contributed by atoms with Crippen LogP contribution in [0.4, 0.5) is 0 Å². The van der Waals surface area contributed by atoms with E-state index in [0.29, 0.717) is 19.5 Å². The Kier molecular flexibility index (Phi) is 4.78. The number of aromatic nitrogens is 5. The maximum absolute atomic E-state index is 11.9. The van der Waals surface area contributed by atoms with Crippen molar-refractivity contribution < 1.29 is 4.79 Å². The van der Waals surface area contributed by atoms with Gasteiger partial charge in [-0.15, -0.1) is 0 Å². The Hall–Kier alpha value is -2.96. The molecule has 0 unspecified atom stereocenters. The number of nitrogens with zero attached hydrogens (tertiary/aromatic N) is 4. The average molecular weight is 310 g/mol. The minimum absolute atomic E-state index is 0.0188. The topological polar surface area (TPSA) is 88.5 Å². The van der Waals surface area contributed by atoms with Crippen LogP contribution in [0.1, 0.15) is 18.4 Å². The van der Waals surface area contributed by atoms with Crippen LogP contribution in [0.3, 0.4) is 0 Å². The van der Waals surface area contributed by atoms with Crippen molar-refractivity contribution in [3.63, 3.8) is 0 Å². The fourth-order valence-corrected chi connectivity index (χ4v) is 2.33. The molecule has 0 saturated carbocycles. The highest BCUT2D eigenvalue weighted by Gasteiger charge is 2.09. The Balaban J connectivity index is 1.49. The number of hydrogen-bond acceptors (Lipinski definition) is 4. The van der Waals surface area contributed by atoms with E-state index in [1.54, 1.807) is 17.2 Å². The number of amides is 1. The lowest BCUT2D eigenvalue weighted by Gasteiger charge is -2.06. The molecule has 118 valence electrons. The van der Waals surface area contributed by atoms with Gasteiger partial charge < -0.3 is 5.32 Å². The number of H-pyrrole nitrogens is 1. The maximum Gasteiger partial charge on any atom is 0.220 e. The Labute approximate surface area is 133 Å². The number of aromatic amines is 1. The quantitative estimate of drug-likeness (QED) is 0.696. The number of nitrogens with one attached hydrogen (secondary N) is 2. The van der Waals surface area contributed by atoms with Crippen LogP contribution in [-0.4, -0.2) is 30.9 Å². The maximum atomic E-state index is 11.9. The average Bonchev–Trinajstić information content (AvgIpc) is 3.25. The van der Waals surface area contributed by atoms with Crippen molar-refractivity contribution >= 4 is 5.91 Å². The van der Waals surface area contributed by atoms with E-state index in [9.17, 15) is 4.79 Å². The first-order valence-electron chi connectivity index (χ1n) is 7.49. The molecule has 0 atom stereocenters. The first-order valence-corrected chi connectivity index (χ1v) is 7.49. The van der Waals surface area contributed by atoms with Gasteiger partial charge in [0.1, 0.15) is 12.7 Å². The van der Waals surface area contributed by atoms with Crippen LogP contribution < -0.4 is 5.32 Å². The normalized spacial score (nSPS) is 10.6. The zero-order valence-corrected chi connectivity index (χ0v) is 12.6. The van der Waals surface area contributed by atoms with Gasteiger partial charge in [-0.3, -0.25) is 14.6 Å². The highest BCUT2D eigenvalue weighted by Crippen LogP contribution is 2.20. The van der Waals surface area contributed by atoms with Gasteiger partial charge >= 0.3 is 0 Å². The SMILES string of the molecule is O=C(CCCn1cncn1)NCc1cn[nH]c1-c1ccccc1. The molecule has 0 fully saturated rings. The van der Waals surface area contributed by atoms with Crippen molar-refractivity contribution in [1.82, 2.24) is 30.3 Å². The van der Waals surface area contributed by atoms with Crippen molar-refractivity contribution in [2.24, 2.45) is 0 Å². The molecule has 2 aromatic heterocycles. The Morgan fingerprint density at radius 3 is 2.91 bits per heavy atom. The molecular weight excluding hydrogens is 292 g/mol. The summed E-state index contributed by atoms with van der Waals surface area (Å²) in [4.78, 5) is 15.8. The van der Waals surface area contributed by atoms with Crippen LogP contribution in [0.25, 0.3) is 11.3 Å². The molecule has 23 heavy (non-hydrogen) atoms. The Bertz CT molecular complexity index is 735. The highest BCUT2D eigenvalue weighted by atomic mass is 16.1. The first kappa shape index (κ1) is 15.0. The number of benzene rings is 1. The lowest BCUT2D eigenvalue weighted by atomic mass is 10.1. The van der Waals surface area contributed by atoms with E-state index in [4.69, 9.17) is 0 Å². The smallest absolute Gasteiger partial charge is 0.220 e. The molecule has 7 nitrogen and oxygen atoms in total. The predicted molar refractivity (Wildman–Crippen MR) is 85.1 cm³/mol. The Morgan fingerprint density at radius 1 is 1.26 bits per heavy atom. The van der Waals surface area contributed by atoms with Gasteiger partial charge in [0.25, 0.3) is 0 Å². The third-order valence-corrected chi connectivity index (χ3v) is 3.51. The van der Waals surface area contributed by atoms with Crippen molar-refractivity contribution in [3.8, 4) is 11.3 Å². The second kappa shape index (κ2) is 7.35. The summed E-state index contributed by atoms with van der Waals surface area (Å²) in [7, 11) is 0. The third-order valence-electron chi connectivity index (χ3n) is 3.51. The lowest BCUT2D eigenvalue weighted by Crippen LogP contribution is -2.22. The van der Waals surface area contributed by atoms with Crippen LogP contribution in [0.5, 0.6) is 0 Å². The second-order valence-electron chi connectivity index (χ2n) is 5.18. The molecule has 3 aromatic rings. The van der Waals surface area contributed by atoms with E-state index in [0.717, 1.165) is 23.2 Å². The summed E-state index contributed by atoms with van der Waals surface area (Å²) in [5.41, 5.74) is 2.97. The van der Waals surface area contributed by atoms with Crippen LogP contribution in [0.15, 0.2) is 49.2 Å². The fraction of sp³-hybridized carbons (Fsp3) is 0.250. The summed E-state index contributed by atoms with van der Waals surface area (Å²) in [5, 5.41) is 14.0. The zero-order chi connectivity index (χ0) is 15.9. The largest absolute Gasteiger partial charge is 0.352 e.